The smallest absolute Gasteiger partial charge is 0.230 e. The number of hydrogen-bond donors (Lipinski definition) is 2. The third kappa shape index (κ3) is 4.35. The fourth-order valence-electron chi connectivity index (χ4n) is 3.86. The van der Waals surface area contributed by atoms with Crippen LogP contribution >= 0.6 is 0 Å². The van der Waals surface area contributed by atoms with E-state index >= 15 is 0 Å². The number of rotatable bonds is 5. The Kier molecular flexibility index (Phi) is 5.89. The van der Waals surface area contributed by atoms with Crippen molar-refractivity contribution < 1.29 is 14.0 Å². The normalized spacial score (nSPS) is 15.8. The lowest BCUT2D eigenvalue weighted by Gasteiger charge is -2.36. The minimum atomic E-state index is -0.599. The molecule has 0 spiro atoms. The molecule has 0 bridgehead atoms. The Hall–Kier alpha value is -2.69. The van der Waals surface area contributed by atoms with Crippen LogP contribution in [0.15, 0.2) is 48.5 Å². The summed E-state index contributed by atoms with van der Waals surface area (Å²) in [6, 6.07) is 14.0. The maximum Gasteiger partial charge on any atom is 0.230 e. The highest BCUT2D eigenvalue weighted by molar-refractivity contribution is 5.90. The minimum Gasteiger partial charge on any atom is -0.351 e. The lowest BCUT2D eigenvalue weighted by molar-refractivity contribution is -0.128. The molecule has 0 atom stereocenters. The van der Waals surface area contributed by atoms with Gasteiger partial charge < -0.3 is 10.6 Å². The molecule has 2 amide bonds. The van der Waals surface area contributed by atoms with Crippen LogP contribution < -0.4 is 10.6 Å². The maximum absolute atomic E-state index is 13.9. The average Bonchev–Trinajstić information content (AvgIpc) is 2.68. The van der Waals surface area contributed by atoms with Crippen LogP contribution in [0.5, 0.6) is 0 Å². The number of carbonyl (C=O) groups is 2. The van der Waals surface area contributed by atoms with Crippen molar-refractivity contribution in [2.45, 2.75) is 51.0 Å². The number of carbonyl (C=O) groups excluding carboxylic acids is 2. The first-order chi connectivity index (χ1) is 13.0. The van der Waals surface area contributed by atoms with Crippen molar-refractivity contribution in [3.8, 4) is 0 Å². The Labute approximate surface area is 159 Å². The van der Waals surface area contributed by atoms with E-state index in [0.717, 1.165) is 37.7 Å². The Morgan fingerprint density at radius 3 is 2.30 bits per heavy atom. The molecule has 27 heavy (non-hydrogen) atoms. The Balaban J connectivity index is 1.80. The van der Waals surface area contributed by atoms with E-state index in [1.807, 2.05) is 24.3 Å². The highest BCUT2D eigenvalue weighted by Crippen LogP contribution is 2.40. The molecule has 3 rings (SSSR count). The lowest BCUT2D eigenvalue weighted by Crippen LogP contribution is -2.45. The van der Waals surface area contributed by atoms with Crippen LogP contribution in [0.2, 0.25) is 0 Å². The SMILES string of the molecule is CC(=O)Nc1ccc(C2(C(=O)NCc3ccccc3F)CCCCC2)cc1. The molecule has 0 aliphatic heterocycles. The quantitative estimate of drug-likeness (QED) is 0.827. The molecule has 2 aromatic rings. The monoisotopic (exact) mass is 368 g/mol. The van der Waals surface area contributed by atoms with Gasteiger partial charge in [-0.3, -0.25) is 9.59 Å². The summed E-state index contributed by atoms with van der Waals surface area (Å²) in [4.78, 5) is 24.4. The largest absolute Gasteiger partial charge is 0.351 e. The number of halogens is 1. The van der Waals surface area contributed by atoms with Gasteiger partial charge in [-0.25, -0.2) is 4.39 Å². The fraction of sp³-hybridized carbons (Fsp3) is 0.364. The van der Waals surface area contributed by atoms with Crippen LogP contribution in [0.1, 0.15) is 50.2 Å². The Morgan fingerprint density at radius 2 is 1.67 bits per heavy atom. The van der Waals surface area contributed by atoms with Crippen molar-refractivity contribution in [1.82, 2.24) is 5.32 Å². The zero-order chi connectivity index (χ0) is 19.3. The first-order valence-electron chi connectivity index (χ1n) is 9.41. The second kappa shape index (κ2) is 8.33. The molecule has 0 heterocycles. The summed E-state index contributed by atoms with van der Waals surface area (Å²) < 4.78 is 13.9. The molecule has 0 saturated heterocycles. The van der Waals surface area contributed by atoms with Crippen molar-refractivity contribution in [2.75, 3.05) is 5.32 Å². The zero-order valence-electron chi connectivity index (χ0n) is 15.6. The maximum atomic E-state index is 13.9. The Morgan fingerprint density at radius 1 is 1.00 bits per heavy atom. The highest BCUT2D eigenvalue weighted by atomic mass is 19.1. The first-order valence-corrected chi connectivity index (χ1v) is 9.41. The van der Waals surface area contributed by atoms with Crippen LogP contribution in [-0.4, -0.2) is 11.8 Å². The predicted molar refractivity (Wildman–Crippen MR) is 104 cm³/mol. The molecule has 1 aliphatic rings. The number of nitrogens with one attached hydrogen (secondary N) is 2. The third-order valence-electron chi connectivity index (χ3n) is 5.30. The fourth-order valence-corrected chi connectivity index (χ4v) is 3.86. The van der Waals surface area contributed by atoms with Gasteiger partial charge in [0.05, 0.1) is 5.41 Å². The summed E-state index contributed by atoms with van der Waals surface area (Å²) in [5.74, 6) is -0.495. The molecule has 2 aromatic carbocycles. The minimum absolute atomic E-state index is 0.0577. The summed E-state index contributed by atoms with van der Waals surface area (Å²) in [5.41, 5.74) is 1.54. The molecule has 0 aromatic heterocycles. The molecule has 142 valence electrons. The van der Waals surface area contributed by atoms with Gasteiger partial charge in [-0.1, -0.05) is 49.6 Å². The zero-order valence-corrected chi connectivity index (χ0v) is 15.6. The van der Waals surface area contributed by atoms with E-state index in [4.69, 9.17) is 0 Å². The van der Waals surface area contributed by atoms with Gasteiger partial charge in [-0.15, -0.1) is 0 Å². The van der Waals surface area contributed by atoms with Crippen LogP contribution in [0.3, 0.4) is 0 Å². The van der Waals surface area contributed by atoms with Gasteiger partial charge in [-0.2, -0.15) is 0 Å². The van der Waals surface area contributed by atoms with E-state index in [1.165, 1.54) is 13.0 Å². The molecular formula is C22H25FN2O2. The lowest BCUT2D eigenvalue weighted by atomic mass is 9.68. The number of hydrogen-bond acceptors (Lipinski definition) is 2. The summed E-state index contributed by atoms with van der Waals surface area (Å²) in [5, 5.41) is 5.70. The molecule has 2 N–H and O–H groups in total. The second-order valence-corrected chi connectivity index (χ2v) is 7.18. The van der Waals surface area contributed by atoms with E-state index in [0.29, 0.717) is 11.3 Å². The number of benzene rings is 2. The van der Waals surface area contributed by atoms with Crippen molar-refractivity contribution in [2.24, 2.45) is 0 Å². The average molecular weight is 368 g/mol. The van der Waals surface area contributed by atoms with Crippen molar-refractivity contribution in [3.63, 3.8) is 0 Å². The van der Waals surface area contributed by atoms with Gasteiger partial charge in [0.25, 0.3) is 0 Å². The number of amides is 2. The Bertz CT molecular complexity index is 811. The first kappa shape index (κ1) is 19.1. The topological polar surface area (TPSA) is 58.2 Å². The standard InChI is InChI=1S/C22H25FN2O2/c1-16(26)25-19-11-9-18(10-12-19)22(13-5-2-6-14-22)21(27)24-15-17-7-3-4-8-20(17)23/h3-4,7-12H,2,5-6,13-15H2,1H3,(H,24,27)(H,25,26). The van der Waals surface area contributed by atoms with E-state index in [1.54, 1.807) is 18.2 Å². The second-order valence-electron chi connectivity index (χ2n) is 7.18. The van der Waals surface area contributed by atoms with E-state index in [-0.39, 0.29) is 24.2 Å². The van der Waals surface area contributed by atoms with E-state index in [2.05, 4.69) is 10.6 Å². The van der Waals surface area contributed by atoms with Gasteiger partial charge in [0.1, 0.15) is 5.82 Å². The molecule has 1 aliphatic carbocycles. The molecule has 0 unspecified atom stereocenters. The van der Waals surface area contributed by atoms with Gasteiger partial charge >= 0.3 is 0 Å². The van der Waals surface area contributed by atoms with Crippen LogP contribution in [0.25, 0.3) is 0 Å². The molecule has 0 radical (unpaired) electrons. The molecule has 5 heteroatoms. The molecular weight excluding hydrogens is 343 g/mol. The third-order valence-corrected chi connectivity index (χ3v) is 5.30. The summed E-state index contributed by atoms with van der Waals surface area (Å²) >= 11 is 0. The summed E-state index contributed by atoms with van der Waals surface area (Å²) in [6.07, 6.45) is 4.64. The van der Waals surface area contributed by atoms with Crippen LogP contribution in [-0.2, 0) is 21.5 Å². The molecule has 1 fully saturated rings. The van der Waals surface area contributed by atoms with Gasteiger partial charge in [0.15, 0.2) is 0 Å². The van der Waals surface area contributed by atoms with Crippen molar-refractivity contribution in [1.29, 1.82) is 0 Å². The van der Waals surface area contributed by atoms with E-state index < -0.39 is 5.41 Å². The van der Waals surface area contributed by atoms with Gasteiger partial charge in [0.2, 0.25) is 11.8 Å². The summed E-state index contributed by atoms with van der Waals surface area (Å²) in [7, 11) is 0. The van der Waals surface area contributed by atoms with Crippen LogP contribution in [0.4, 0.5) is 10.1 Å². The number of anilines is 1. The van der Waals surface area contributed by atoms with Crippen molar-refractivity contribution in [3.05, 3.63) is 65.5 Å². The van der Waals surface area contributed by atoms with Gasteiger partial charge in [-0.05, 0) is 36.6 Å². The molecule has 1 saturated carbocycles. The predicted octanol–water partition coefficient (Wildman–Crippen LogP) is 4.30. The summed E-state index contributed by atoms with van der Waals surface area (Å²) in [6.45, 7) is 1.64. The van der Waals surface area contributed by atoms with Gasteiger partial charge in [0, 0.05) is 24.7 Å². The van der Waals surface area contributed by atoms with Crippen molar-refractivity contribution >= 4 is 17.5 Å². The van der Waals surface area contributed by atoms with Crippen LogP contribution in [0, 0.1) is 5.82 Å². The highest BCUT2D eigenvalue weighted by Gasteiger charge is 2.40. The van der Waals surface area contributed by atoms with E-state index in [9.17, 15) is 14.0 Å². The molecule has 4 nitrogen and oxygen atoms in total.